The number of fused-ring (bicyclic) bond motifs is 1. The molecule has 0 bridgehead atoms. The molecule has 0 aliphatic heterocycles. The number of furan rings is 1. The highest BCUT2D eigenvalue weighted by molar-refractivity contribution is 14.1. The number of ether oxygens (including phenoxy) is 1. The van der Waals surface area contributed by atoms with E-state index in [0.717, 1.165) is 41.4 Å². The van der Waals surface area contributed by atoms with Gasteiger partial charge in [0.05, 0.1) is 21.1 Å². The first kappa shape index (κ1) is 21.8. The van der Waals surface area contributed by atoms with Crippen molar-refractivity contribution in [3.05, 3.63) is 85.5 Å². The van der Waals surface area contributed by atoms with E-state index in [1.54, 1.807) is 19.2 Å². The maximum Gasteiger partial charge on any atom is 0.338 e. The van der Waals surface area contributed by atoms with E-state index in [2.05, 4.69) is 50.4 Å². The second-order valence-electron chi connectivity index (χ2n) is 6.99. The molecule has 0 radical (unpaired) electrons. The van der Waals surface area contributed by atoms with Gasteiger partial charge in [-0.3, -0.25) is 4.99 Å². The number of aromatic nitrogens is 1. The number of benzene rings is 2. The number of hydrogen-bond donors (Lipinski definition) is 0. The second-order valence-corrected chi connectivity index (χ2v) is 9.00. The Hall–Kier alpha value is -2.39. The number of halogens is 2. The lowest BCUT2D eigenvalue weighted by atomic mass is 10.1. The lowest BCUT2D eigenvalue weighted by Gasteiger charge is -2.10. The first-order valence-electron chi connectivity index (χ1n) is 9.72. The fraction of sp³-hybridized carbons (Fsp3) is 0.167. The maximum atomic E-state index is 12.2. The van der Waals surface area contributed by atoms with Gasteiger partial charge in [-0.2, -0.15) is 0 Å². The number of pyridine rings is 1. The minimum absolute atomic E-state index is 0.248. The molecular formula is C24H20BrIN2O3. The smallest absolute Gasteiger partial charge is 0.338 e. The molecule has 0 unspecified atom stereocenters. The summed E-state index contributed by atoms with van der Waals surface area (Å²) < 4.78 is 15.7. The summed E-state index contributed by atoms with van der Waals surface area (Å²) in [5.74, 6) is 0.465. The van der Waals surface area contributed by atoms with Crippen molar-refractivity contribution in [3.63, 3.8) is 0 Å². The summed E-state index contributed by atoms with van der Waals surface area (Å²) in [6.07, 6.45) is 1.97. The number of nitrogens with zero attached hydrogens (tertiary/aromatic N) is 2. The van der Waals surface area contributed by atoms with E-state index in [-0.39, 0.29) is 12.6 Å². The Kier molecular flexibility index (Phi) is 6.62. The van der Waals surface area contributed by atoms with E-state index in [9.17, 15) is 4.79 Å². The second kappa shape index (κ2) is 9.40. The van der Waals surface area contributed by atoms with Gasteiger partial charge in [-0.15, -0.1) is 0 Å². The molecule has 0 fully saturated rings. The minimum atomic E-state index is -0.331. The van der Waals surface area contributed by atoms with Crippen LogP contribution in [0.4, 0.5) is 0 Å². The molecule has 2 aromatic heterocycles. The molecule has 0 saturated heterocycles. The van der Waals surface area contributed by atoms with Crippen molar-refractivity contribution < 1.29 is 13.9 Å². The molecule has 4 rings (SSSR count). The van der Waals surface area contributed by atoms with E-state index in [1.807, 2.05) is 53.2 Å². The molecule has 2 aromatic carbocycles. The molecule has 0 spiro atoms. The van der Waals surface area contributed by atoms with Crippen LogP contribution in [0.25, 0.3) is 22.3 Å². The summed E-state index contributed by atoms with van der Waals surface area (Å²) >= 11 is 5.86. The zero-order valence-corrected chi connectivity index (χ0v) is 20.8. The number of carbonyl (C=O) groups excluding carboxylic acids is 1. The maximum absolute atomic E-state index is 12.2. The van der Waals surface area contributed by atoms with Crippen LogP contribution in [-0.2, 0) is 11.3 Å². The summed E-state index contributed by atoms with van der Waals surface area (Å²) in [4.78, 5) is 16.7. The third-order valence-corrected chi connectivity index (χ3v) is 6.68. The molecule has 158 valence electrons. The van der Waals surface area contributed by atoms with E-state index >= 15 is 0 Å². The number of hydrogen-bond acceptors (Lipinski definition) is 4. The molecule has 0 aliphatic rings. The van der Waals surface area contributed by atoms with Gasteiger partial charge < -0.3 is 13.7 Å². The monoisotopic (exact) mass is 590 g/mol. The highest BCUT2D eigenvalue weighted by atomic mass is 127. The van der Waals surface area contributed by atoms with Crippen LogP contribution in [0.15, 0.2) is 74.7 Å². The van der Waals surface area contributed by atoms with Gasteiger partial charge in [-0.25, -0.2) is 4.79 Å². The van der Waals surface area contributed by atoms with Gasteiger partial charge in [-0.05, 0) is 59.3 Å². The third kappa shape index (κ3) is 4.48. The van der Waals surface area contributed by atoms with Crippen molar-refractivity contribution in [2.45, 2.75) is 13.5 Å². The van der Waals surface area contributed by atoms with E-state index in [4.69, 9.17) is 9.15 Å². The minimum Gasteiger partial charge on any atom is -0.460 e. The van der Waals surface area contributed by atoms with E-state index < -0.39 is 0 Å². The Bertz CT molecular complexity index is 1330. The van der Waals surface area contributed by atoms with Gasteiger partial charge >= 0.3 is 5.97 Å². The normalized spacial score (nSPS) is 11.8. The largest absolute Gasteiger partial charge is 0.460 e. The molecule has 7 heteroatoms. The van der Waals surface area contributed by atoms with Gasteiger partial charge in [0.1, 0.15) is 17.9 Å². The van der Waals surface area contributed by atoms with Gasteiger partial charge in [-0.1, -0.05) is 46.3 Å². The van der Waals surface area contributed by atoms with Crippen LogP contribution in [0.5, 0.6) is 0 Å². The molecule has 0 aliphatic carbocycles. The van der Waals surface area contributed by atoms with Crippen molar-refractivity contribution in [1.82, 2.24) is 4.57 Å². The van der Waals surface area contributed by atoms with Crippen LogP contribution in [0.1, 0.15) is 15.9 Å². The van der Waals surface area contributed by atoms with Crippen molar-refractivity contribution in [3.8, 4) is 11.3 Å². The quantitative estimate of drug-likeness (QED) is 0.213. The van der Waals surface area contributed by atoms with Crippen LogP contribution < -0.4 is 5.49 Å². The lowest BCUT2D eigenvalue weighted by Crippen LogP contribution is -2.24. The first-order chi connectivity index (χ1) is 15.0. The Balaban J connectivity index is 1.65. The Morgan fingerprint density at radius 1 is 1.19 bits per heavy atom. The molecule has 4 aromatic rings. The van der Waals surface area contributed by atoms with Gasteiger partial charge in [0.25, 0.3) is 0 Å². The number of carbonyl (C=O) groups is 1. The first-order valence-corrected chi connectivity index (χ1v) is 11.6. The number of esters is 1. The molecule has 2 heterocycles. The topological polar surface area (TPSA) is 56.7 Å². The number of rotatable bonds is 5. The van der Waals surface area contributed by atoms with Gasteiger partial charge in [0.15, 0.2) is 5.58 Å². The SMILES string of the molecule is C/N=c1/c2cc(-c3cccc(Br)c3C)oc2c(I)cn1CCOC(=O)c1ccccc1. The fourth-order valence-corrected chi connectivity index (χ4v) is 4.57. The molecule has 0 N–H and O–H groups in total. The molecule has 0 saturated carbocycles. The van der Waals surface area contributed by atoms with Crippen LogP contribution in [0.3, 0.4) is 0 Å². The highest BCUT2D eigenvalue weighted by Crippen LogP contribution is 2.33. The molecular weight excluding hydrogens is 571 g/mol. The average Bonchev–Trinajstić information content (AvgIpc) is 3.22. The zero-order chi connectivity index (χ0) is 22.0. The van der Waals surface area contributed by atoms with Crippen molar-refractivity contribution in [2.75, 3.05) is 13.7 Å². The summed E-state index contributed by atoms with van der Waals surface area (Å²) in [6.45, 7) is 2.80. The third-order valence-electron chi connectivity index (χ3n) is 5.05. The summed E-state index contributed by atoms with van der Waals surface area (Å²) in [5, 5.41) is 0.929. The zero-order valence-electron chi connectivity index (χ0n) is 17.1. The van der Waals surface area contributed by atoms with Crippen LogP contribution in [0.2, 0.25) is 0 Å². The van der Waals surface area contributed by atoms with Crippen molar-refractivity contribution in [1.29, 1.82) is 0 Å². The highest BCUT2D eigenvalue weighted by Gasteiger charge is 2.15. The Morgan fingerprint density at radius 3 is 2.71 bits per heavy atom. The lowest BCUT2D eigenvalue weighted by molar-refractivity contribution is 0.0490. The standard InChI is InChI=1S/C24H20BrIN2O3/c1-15-17(9-6-10-19(15)25)21-13-18-22(31-21)20(26)14-28(23(18)27-2)11-12-30-24(29)16-7-4-3-5-8-16/h3-10,13-14H,11-12H2,1-2H3/b27-23-. The van der Waals surface area contributed by atoms with Gasteiger partial charge in [0, 0.05) is 23.3 Å². The Labute approximate surface area is 202 Å². The van der Waals surface area contributed by atoms with E-state index in [0.29, 0.717) is 12.1 Å². The predicted octanol–water partition coefficient (Wildman–Crippen LogP) is 5.96. The van der Waals surface area contributed by atoms with Crippen LogP contribution in [-0.4, -0.2) is 24.2 Å². The fourth-order valence-electron chi connectivity index (χ4n) is 3.47. The molecule has 0 atom stereocenters. The summed E-state index contributed by atoms with van der Waals surface area (Å²) in [6, 6.07) is 17.1. The summed E-state index contributed by atoms with van der Waals surface area (Å²) in [7, 11) is 1.76. The van der Waals surface area contributed by atoms with Crippen molar-refractivity contribution >= 4 is 55.5 Å². The molecule has 31 heavy (non-hydrogen) atoms. The van der Waals surface area contributed by atoms with Crippen LogP contribution >= 0.6 is 38.5 Å². The summed E-state index contributed by atoms with van der Waals surface area (Å²) in [5.41, 5.74) is 4.28. The van der Waals surface area contributed by atoms with E-state index in [1.165, 1.54) is 0 Å². The molecule has 0 amide bonds. The van der Waals surface area contributed by atoms with Gasteiger partial charge in [0.2, 0.25) is 0 Å². The average molecular weight is 591 g/mol. The van der Waals surface area contributed by atoms with Crippen molar-refractivity contribution in [2.24, 2.45) is 4.99 Å². The Morgan fingerprint density at radius 2 is 1.97 bits per heavy atom. The molecule has 5 nitrogen and oxygen atoms in total. The predicted molar refractivity (Wildman–Crippen MR) is 133 cm³/mol. The van der Waals surface area contributed by atoms with Crippen LogP contribution in [0, 0.1) is 10.5 Å².